The molecule has 0 radical (unpaired) electrons. The first-order valence-corrected chi connectivity index (χ1v) is 11.3. The van der Waals surface area contributed by atoms with E-state index in [9.17, 15) is 18.0 Å². The molecule has 2 atom stereocenters. The zero-order valence-corrected chi connectivity index (χ0v) is 19.9. The summed E-state index contributed by atoms with van der Waals surface area (Å²) in [5, 5.41) is 6.24. The monoisotopic (exact) mass is 495 g/mol. The van der Waals surface area contributed by atoms with Gasteiger partial charge in [-0.3, -0.25) is 4.79 Å². The number of nitrogens with zero attached hydrogens (tertiary/aromatic N) is 5. The van der Waals surface area contributed by atoms with Gasteiger partial charge in [0.15, 0.2) is 11.6 Å². The number of hydrogen-bond acceptors (Lipinski definition) is 9. The second kappa shape index (κ2) is 9.80. The van der Waals surface area contributed by atoms with Gasteiger partial charge in [0.05, 0.1) is 30.8 Å². The first-order chi connectivity index (χ1) is 16.6. The lowest BCUT2D eigenvalue weighted by atomic mass is 9.81. The minimum Gasteiger partial charge on any atom is -0.490 e. The van der Waals surface area contributed by atoms with Gasteiger partial charge < -0.3 is 25.0 Å². The van der Waals surface area contributed by atoms with E-state index in [0.29, 0.717) is 36.2 Å². The summed E-state index contributed by atoms with van der Waals surface area (Å²) in [6, 6.07) is -0.370. The summed E-state index contributed by atoms with van der Waals surface area (Å²) < 4.78 is 48.7. The molecule has 1 saturated carbocycles. The Morgan fingerprint density at radius 1 is 1.26 bits per heavy atom. The standard InChI is InChI=1S/C22H28F3N7O3/c1-5-15(34-4)17-19(33)30-16-11(2)28-21(31-18(16)32(17)3)29-13-6-12(7-13)10-35-14-8-26-20(27-9-14)22(23,24)25/h8-9,12-13,15,17H,5-7,10H2,1-4H3,(H,30,33)(H,28,29,31)/t12?,13?,15-,17+/m1/s1. The van der Waals surface area contributed by atoms with E-state index in [1.54, 1.807) is 7.11 Å². The molecule has 1 aliphatic carbocycles. The lowest BCUT2D eigenvalue weighted by Crippen LogP contribution is -2.53. The smallest absolute Gasteiger partial charge is 0.451 e. The molecule has 190 valence electrons. The molecule has 13 heteroatoms. The maximum atomic E-state index is 12.7. The topological polar surface area (TPSA) is 114 Å². The Kier molecular flexibility index (Phi) is 6.97. The Labute approximate surface area is 200 Å². The fourth-order valence-electron chi connectivity index (χ4n) is 4.39. The van der Waals surface area contributed by atoms with Crippen LogP contribution in [-0.4, -0.2) is 64.8 Å². The minimum absolute atomic E-state index is 0.131. The van der Waals surface area contributed by atoms with Gasteiger partial charge in [0, 0.05) is 20.2 Å². The van der Waals surface area contributed by atoms with Crippen LogP contribution in [0.3, 0.4) is 0 Å². The second-order valence-corrected chi connectivity index (χ2v) is 8.79. The summed E-state index contributed by atoms with van der Waals surface area (Å²) in [5.74, 6) is 0.176. The minimum atomic E-state index is -4.58. The molecule has 0 spiro atoms. The molecule has 0 saturated heterocycles. The van der Waals surface area contributed by atoms with Crippen LogP contribution in [0, 0.1) is 12.8 Å². The number of carbonyl (C=O) groups excluding carboxylic acids is 1. The predicted molar refractivity (Wildman–Crippen MR) is 121 cm³/mol. The summed E-state index contributed by atoms with van der Waals surface area (Å²) in [7, 11) is 3.41. The maximum Gasteiger partial charge on any atom is 0.451 e. The van der Waals surface area contributed by atoms with Gasteiger partial charge in [0.25, 0.3) is 0 Å². The van der Waals surface area contributed by atoms with E-state index >= 15 is 0 Å². The highest BCUT2D eigenvalue weighted by Crippen LogP contribution is 2.36. The van der Waals surface area contributed by atoms with Crippen LogP contribution in [0.25, 0.3) is 0 Å². The summed E-state index contributed by atoms with van der Waals surface area (Å²) in [5.41, 5.74) is 1.24. The van der Waals surface area contributed by atoms with E-state index < -0.39 is 18.0 Å². The summed E-state index contributed by atoms with van der Waals surface area (Å²) >= 11 is 0. The number of halogens is 3. The van der Waals surface area contributed by atoms with Gasteiger partial charge in [0.1, 0.15) is 11.7 Å². The van der Waals surface area contributed by atoms with Crippen molar-refractivity contribution in [2.24, 2.45) is 5.92 Å². The number of nitrogens with one attached hydrogen (secondary N) is 2. The van der Waals surface area contributed by atoms with Crippen molar-refractivity contribution in [1.29, 1.82) is 0 Å². The maximum absolute atomic E-state index is 12.7. The number of anilines is 3. The van der Waals surface area contributed by atoms with Crippen LogP contribution < -0.4 is 20.3 Å². The predicted octanol–water partition coefficient (Wildman–Crippen LogP) is 3.05. The van der Waals surface area contributed by atoms with E-state index in [1.165, 1.54) is 0 Å². The van der Waals surface area contributed by atoms with Crippen molar-refractivity contribution in [2.75, 3.05) is 36.3 Å². The molecule has 2 aromatic heterocycles. The van der Waals surface area contributed by atoms with Crippen molar-refractivity contribution in [3.63, 3.8) is 0 Å². The number of aryl methyl sites for hydroxylation is 1. The number of likely N-dealkylation sites (N-methyl/N-ethyl adjacent to an activating group) is 1. The van der Waals surface area contributed by atoms with E-state index in [-0.39, 0.29) is 29.7 Å². The summed E-state index contributed by atoms with van der Waals surface area (Å²) in [6.45, 7) is 4.13. The van der Waals surface area contributed by atoms with E-state index in [2.05, 4.69) is 30.6 Å². The number of rotatable bonds is 8. The zero-order chi connectivity index (χ0) is 25.3. The lowest BCUT2D eigenvalue weighted by Gasteiger charge is -2.39. The molecule has 35 heavy (non-hydrogen) atoms. The fraction of sp³-hybridized carbons (Fsp3) is 0.591. The first kappa shape index (κ1) is 24.9. The molecule has 1 aliphatic heterocycles. The number of fused-ring (bicyclic) bond motifs is 1. The SMILES string of the molecule is CC[C@@H](OC)[C@H]1C(=O)Nc2c(C)nc(NC3CC(COc4cnc(C(F)(F)F)nc4)C3)nc2N1C. The summed E-state index contributed by atoms with van der Waals surface area (Å²) in [6.07, 6.45) is -0.539. The molecule has 2 aromatic rings. The highest BCUT2D eigenvalue weighted by molar-refractivity contribution is 6.03. The van der Waals surface area contributed by atoms with Crippen molar-refractivity contribution < 1.29 is 27.4 Å². The van der Waals surface area contributed by atoms with Crippen LogP contribution in [-0.2, 0) is 15.7 Å². The first-order valence-electron chi connectivity index (χ1n) is 11.3. The third-order valence-corrected chi connectivity index (χ3v) is 6.33. The summed E-state index contributed by atoms with van der Waals surface area (Å²) in [4.78, 5) is 30.3. The molecule has 10 nitrogen and oxygen atoms in total. The Balaban J connectivity index is 1.33. The Morgan fingerprint density at radius 2 is 1.94 bits per heavy atom. The zero-order valence-electron chi connectivity index (χ0n) is 19.9. The number of carbonyl (C=O) groups is 1. The van der Waals surface area contributed by atoms with Crippen LogP contribution in [0.15, 0.2) is 12.4 Å². The van der Waals surface area contributed by atoms with Crippen molar-refractivity contribution in [3.8, 4) is 5.75 Å². The lowest BCUT2D eigenvalue weighted by molar-refractivity contribution is -0.145. The molecular weight excluding hydrogens is 467 g/mol. The third-order valence-electron chi connectivity index (χ3n) is 6.33. The van der Waals surface area contributed by atoms with Crippen LogP contribution in [0.5, 0.6) is 5.75 Å². The Morgan fingerprint density at radius 3 is 2.54 bits per heavy atom. The molecule has 1 amide bonds. The van der Waals surface area contributed by atoms with Crippen LogP contribution >= 0.6 is 0 Å². The molecule has 1 fully saturated rings. The molecule has 2 N–H and O–H groups in total. The van der Waals surface area contributed by atoms with Crippen molar-refractivity contribution in [1.82, 2.24) is 19.9 Å². The fourth-order valence-corrected chi connectivity index (χ4v) is 4.39. The third kappa shape index (κ3) is 5.24. The van der Waals surface area contributed by atoms with Crippen molar-refractivity contribution in [2.45, 2.75) is 57.5 Å². The Bertz CT molecular complexity index is 1060. The number of ether oxygens (including phenoxy) is 2. The van der Waals surface area contributed by atoms with Gasteiger partial charge in [-0.15, -0.1) is 0 Å². The van der Waals surface area contributed by atoms with E-state index in [4.69, 9.17) is 9.47 Å². The van der Waals surface area contributed by atoms with E-state index in [0.717, 1.165) is 25.2 Å². The van der Waals surface area contributed by atoms with Crippen molar-refractivity contribution in [3.05, 3.63) is 23.9 Å². The number of amides is 1. The highest BCUT2D eigenvalue weighted by Gasteiger charge is 2.39. The molecule has 3 heterocycles. The number of methoxy groups -OCH3 is 1. The largest absolute Gasteiger partial charge is 0.490 e. The molecule has 0 bridgehead atoms. The van der Waals surface area contributed by atoms with Crippen LogP contribution in [0.2, 0.25) is 0 Å². The van der Waals surface area contributed by atoms with Gasteiger partial charge in [0.2, 0.25) is 17.7 Å². The van der Waals surface area contributed by atoms with Gasteiger partial charge >= 0.3 is 6.18 Å². The normalized spacial score (nSPS) is 22.7. The molecule has 2 aliphatic rings. The van der Waals surface area contributed by atoms with Gasteiger partial charge in [-0.25, -0.2) is 15.0 Å². The average molecular weight is 496 g/mol. The number of hydrogen-bond donors (Lipinski definition) is 2. The molecule has 4 rings (SSSR count). The number of alkyl halides is 3. The van der Waals surface area contributed by atoms with Crippen LogP contribution in [0.1, 0.15) is 37.7 Å². The quantitative estimate of drug-likeness (QED) is 0.570. The average Bonchev–Trinajstić information content (AvgIpc) is 2.78. The molecule has 0 aromatic carbocycles. The van der Waals surface area contributed by atoms with Gasteiger partial charge in [-0.1, -0.05) is 6.92 Å². The molecule has 0 unspecified atom stereocenters. The Hall–Kier alpha value is -3.22. The van der Waals surface area contributed by atoms with Crippen LogP contribution in [0.4, 0.5) is 30.6 Å². The molecular formula is C22H28F3N7O3. The highest BCUT2D eigenvalue weighted by atomic mass is 19.4. The van der Waals surface area contributed by atoms with Crippen molar-refractivity contribution >= 4 is 23.4 Å². The number of aromatic nitrogens is 4. The van der Waals surface area contributed by atoms with Gasteiger partial charge in [-0.2, -0.15) is 18.2 Å². The van der Waals surface area contributed by atoms with E-state index in [1.807, 2.05) is 25.8 Å². The second-order valence-electron chi connectivity index (χ2n) is 8.79. The van der Waals surface area contributed by atoms with Gasteiger partial charge in [-0.05, 0) is 32.1 Å².